The van der Waals surface area contributed by atoms with Gasteiger partial charge in [0.25, 0.3) is 0 Å². The average molecular weight is 253 g/mol. The topological polar surface area (TPSA) is 66.4 Å². The van der Waals surface area contributed by atoms with Crippen LogP contribution in [0.2, 0.25) is 0 Å². The van der Waals surface area contributed by atoms with Gasteiger partial charge in [-0.3, -0.25) is 9.59 Å². The Hall–Kier alpha value is -1.06. The Kier molecular flexibility index (Phi) is 4.25. The van der Waals surface area contributed by atoms with E-state index in [9.17, 15) is 9.59 Å². The lowest BCUT2D eigenvalue weighted by molar-refractivity contribution is -0.140. The highest BCUT2D eigenvalue weighted by atomic mass is 16.4. The summed E-state index contributed by atoms with van der Waals surface area (Å²) in [6.45, 7) is 3.01. The highest BCUT2D eigenvalue weighted by Crippen LogP contribution is 2.38. The zero-order valence-corrected chi connectivity index (χ0v) is 11.0. The van der Waals surface area contributed by atoms with Crippen molar-refractivity contribution >= 4 is 11.9 Å². The molecule has 2 aliphatic carbocycles. The van der Waals surface area contributed by atoms with E-state index in [-0.39, 0.29) is 11.8 Å². The van der Waals surface area contributed by atoms with E-state index in [1.54, 1.807) is 0 Å². The molecule has 2 saturated carbocycles. The summed E-state index contributed by atoms with van der Waals surface area (Å²) in [4.78, 5) is 22.3. The van der Waals surface area contributed by atoms with E-state index >= 15 is 0 Å². The number of aliphatic carboxylic acids is 1. The van der Waals surface area contributed by atoms with E-state index in [2.05, 4.69) is 12.2 Å². The maximum atomic E-state index is 11.7. The van der Waals surface area contributed by atoms with Crippen LogP contribution in [0.15, 0.2) is 0 Å². The van der Waals surface area contributed by atoms with Gasteiger partial charge in [0.05, 0.1) is 11.8 Å². The van der Waals surface area contributed by atoms with Gasteiger partial charge in [-0.25, -0.2) is 0 Å². The number of hydrogen-bond acceptors (Lipinski definition) is 2. The molecule has 4 unspecified atom stereocenters. The van der Waals surface area contributed by atoms with Crippen molar-refractivity contribution in [2.75, 3.05) is 6.54 Å². The van der Waals surface area contributed by atoms with Gasteiger partial charge in [-0.15, -0.1) is 0 Å². The zero-order chi connectivity index (χ0) is 13.1. The van der Waals surface area contributed by atoms with Gasteiger partial charge in [-0.1, -0.05) is 26.2 Å². The molecule has 2 fully saturated rings. The summed E-state index contributed by atoms with van der Waals surface area (Å²) in [6.07, 6.45) is 6.76. The van der Waals surface area contributed by atoms with Crippen LogP contribution in [0.4, 0.5) is 0 Å². The molecule has 0 saturated heterocycles. The molecule has 0 aromatic rings. The molecule has 0 bridgehead atoms. The van der Waals surface area contributed by atoms with E-state index in [0.717, 1.165) is 18.3 Å². The molecule has 0 heterocycles. The first kappa shape index (κ1) is 13.4. The molecule has 1 amide bonds. The largest absolute Gasteiger partial charge is 0.481 e. The van der Waals surface area contributed by atoms with Crippen molar-refractivity contribution in [3.8, 4) is 0 Å². The molecule has 0 aromatic heterocycles. The molecule has 102 valence electrons. The van der Waals surface area contributed by atoms with Gasteiger partial charge in [0.15, 0.2) is 0 Å². The van der Waals surface area contributed by atoms with Crippen LogP contribution in [0.1, 0.15) is 45.4 Å². The Bertz CT molecular complexity index is 329. The number of amides is 1. The smallest absolute Gasteiger partial charge is 0.307 e. The first-order valence-corrected chi connectivity index (χ1v) is 7.08. The molecule has 0 radical (unpaired) electrons. The number of nitrogens with one attached hydrogen (secondary N) is 1. The van der Waals surface area contributed by atoms with Crippen molar-refractivity contribution in [1.29, 1.82) is 0 Å². The highest BCUT2D eigenvalue weighted by molar-refractivity contribution is 5.89. The van der Waals surface area contributed by atoms with Crippen molar-refractivity contribution in [3.05, 3.63) is 0 Å². The van der Waals surface area contributed by atoms with Crippen molar-refractivity contribution in [1.82, 2.24) is 5.32 Å². The molecule has 4 nitrogen and oxygen atoms in total. The molecular formula is C14H23NO3. The second-order valence-corrected chi connectivity index (χ2v) is 6.00. The number of carboxylic acids is 1. The Morgan fingerprint density at radius 2 is 2.00 bits per heavy atom. The van der Waals surface area contributed by atoms with Crippen molar-refractivity contribution in [3.63, 3.8) is 0 Å². The normalized spacial score (nSPS) is 34.9. The standard InChI is InChI=1S/C14H23NO3/c1-9-3-2-4-10(7-9)5-6-15-13(16)11-8-12(11)14(17)18/h9-12H,2-8H2,1H3,(H,15,16)(H,17,18). The van der Waals surface area contributed by atoms with Gasteiger partial charge in [-0.2, -0.15) is 0 Å². The summed E-state index contributed by atoms with van der Waals surface area (Å²) < 4.78 is 0. The minimum atomic E-state index is -0.837. The highest BCUT2D eigenvalue weighted by Gasteiger charge is 2.48. The number of carbonyl (C=O) groups is 2. The maximum absolute atomic E-state index is 11.7. The second-order valence-electron chi connectivity index (χ2n) is 6.00. The number of carbonyl (C=O) groups excluding carboxylic acids is 1. The predicted molar refractivity (Wildman–Crippen MR) is 68.0 cm³/mol. The molecule has 0 aromatic carbocycles. The lowest BCUT2D eigenvalue weighted by Crippen LogP contribution is -2.29. The summed E-state index contributed by atoms with van der Waals surface area (Å²) in [5, 5.41) is 11.6. The van der Waals surface area contributed by atoms with Crippen LogP contribution < -0.4 is 5.32 Å². The van der Waals surface area contributed by atoms with Crippen LogP contribution in [0.3, 0.4) is 0 Å². The maximum Gasteiger partial charge on any atom is 0.307 e. The summed E-state index contributed by atoms with van der Waals surface area (Å²) in [6, 6.07) is 0. The van der Waals surface area contributed by atoms with Gasteiger partial charge < -0.3 is 10.4 Å². The van der Waals surface area contributed by atoms with Crippen LogP contribution in [-0.2, 0) is 9.59 Å². The van der Waals surface area contributed by atoms with Crippen LogP contribution in [0, 0.1) is 23.7 Å². The predicted octanol–water partition coefficient (Wildman–Crippen LogP) is 2.04. The molecule has 4 atom stereocenters. The fourth-order valence-corrected chi connectivity index (χ4v) is 3.11. The van der Waals surface area contributed by atoms with E-state index in [4.69, 9.17) is 5.11 Å². The van der Waals surface area contributed by atoms with Crippen molar-refractivity contribution in [2.45, 2.75) is 45.4 Å². The molecule has 2 rings (SSSR count). The molecule has 2 aliphatic rings. The molecule has 2 N–H and O–H groups in total. The lowest BCUT2D eigenvalue weighted by atomic mass is 9.81. The minimum Gasteiger partial charge on any atom is -0.481 e. The Balaban J connectivity index is 1.61. The first-order chi connectivity index (χ1) is 8.58. The molecule has 0 aliphatic heterocycles. The molecule has 18 heavy (non-hydrogen) atoms. The first-order valence-electron chi connectivity index (χ1n) is 7.08. The molecular weight excluding hydrogens is 230 g/mol. The monoisotopic (exact) mass is 253 g/mol. The quantitative estimate of drug-likeness (QED) is 0.788. The van der Waals surface area contributed by atoms with Crippen LogP contribution in [0.5, 0.6) is 0 Å². The van der Waals surface area contributed by atoms with Gasteiger partial charge in [0, 0.05) is 6.54 Å². The van der Waals surface area contributed by atoms with Gasteiger partial charge in [0.1, 0.15) is 0 Å². The third-order valence-corrected chi connectivity index (χ3v) is 4.34. The fraction of sp³-hybridized carbons (Fsp3) is 0.857. The average Bonchev–Trinajstić information content (AvgIpc) is 3.09. The summed E-state index contributed by atoms with van der Waals surface area (Å²) >= 11 is 0. The minimum absolute atomic E-state index is 0.0637. The third kappa shape index (κ3) is 3.47. The number of rotatable bonds is 5. The Morgan fingerprint density at radius 1 is 1.22 bits per heavy atom. The van der Waals surface area contributed by atoms with E-state index in [1.165, 1.54) is 25.7 Å². The van der Waals surface area contributed by atoms with Crippen molar-refractivity contribution in [2.24, 2.45) is 23.7 Å². The van der Waals surface area contributed by atoms with Gasteiger partial charge in [0.2, 0.25) is 5.91 Å². The zero-order valence-electron chi connectivity index (χ0n) is 11.0. The number of hydrogen-bond donors (Lipinski definition) is 2. The Morgan fingerprint density at radius 3 is 2.61 bits per heavy atom. The SMILES string of the molecule is CC1CCCC(CCNC(=O)C2CC2C(=O)O)C1. The third-order valence-electron chi connectivity index (χ3n) is 4.34. The van der Waals surface area contributed by atoms with Crippen LogP contribution in [-0.4, -0.2) is 23.5 Å². The summed E-state index contributed by atoms with van der Waals surface area (Å²) in [5.41, 5.74) is 0. The fourth-order valence-electron chi connectivity index (χ4n) is 3.11. The van der Waals surface area contributed by atoms with Crippen LogP contribution >= 0.6 is 0 Å². The van der Waals surface area contributed by atoms with Crippen LogP contribution in [0.25, 0.3) is 0 Å². The van der Waals surface area contributed by atoms with E-state index in [1.807, 2.05) is 0 Å². The lowest BCUT2D eigenvalue weighted by Gasteiger charge is -2.26. The summed E-state index contributed by atoms with van der Waals surface area (Å²) in [7, 11) is 0. The molecule has 0 spiro atoms. The van der Waals surface area contributed by atoms with Crippen molar-refractivity contribution < 1.29 is 14.7 Å². The van der Waals surface area contributed by atoms with Gasteiger partial charge in [-0.05, 0) is 31.1 Å². The van der Waals surface area contributed by atoms with Gasteiger partial charge >= 0.3 is 5.97 Å². The summed E-state index contributed by atoms with van der Waals surface area (Å²) in [5.74, 6) is -0.0437. The number of carboxylic acid groups (broad SMARTS) is 1. The Labute approximate surface area is 108 Å². The van der Waals surface area contributed by atoms with E-state index in [0.29, 0.717) is 13.0 Å². The second kappa shape index (κ2) is 5.72. The molecule has 4 heteroatoms. The van der Waals surface area contributed by atoms with E-state index < -0.39 is 11.9 Å².